The lowest BCUT2D eigenvalue weighted by atomic mass is 9.75. The summed E-state index contributed by atoms with van der Waals surface area (Å²) in [7, 11) is 0. The summed E-state index contributed by atoms with van der Waals surface area (Å²) in [6.45, 7) is 5.95. The van der Waals surface area contributed by atoms with Crippen LogP contribution in [0.5, 0.6) is 0 Å². The molecule has 1 heteroatoms. The van der Waals surface area contributed by atoms with Crippen molar-refractivity contribution in [2.75, 3.05) is 6.54 Å². The van der Waals surface area contributed by atoms with Gasteiger partial charge in [-0.25, -0.2) is 0 Å². The monoisotopic (exact) mass is 190 g/mol. The van der Waals surface area contributed by atoms with E-state index in [0.717, 1.165) is 6.04 Å². The summed E-state index contributed by atoms with van der Waals surface area (Å²) in [6.07, 6.45) is 2.67. The van der Waals surface area contributed by atoms with E-state index in [1.54, 1.807) is 0 Å². The van der Waals surface area contributed by atoms with Gasteiger partial charge in [-0.15, -0.1) is 0 Å². The van der Waals surface area contributed by atoms with E-state index in [-0.39, 0.29) is 0 Å². The summed E-state index contributed by atoms with van der Waals surface area (Å²) in [6, 6.07) is 11.7. The van der Waals surface area contributed by atoms with E-state index >= 15 is 0 Å². The molecule has 1 aliphatic heterocycles. The summed E-state index contributed by atoms with van der Waals surface area (Å²) in [5, 5.41) is 2.48. The minimum Gasteiger partial charge on any atom is -0.343 e. The zero-order chi connectivity index (χ0) is 10.0. The van der Waals surface area contributed by atoms with Crippen molar-refractivity contribution in [3.8, 4) is 0 Å². The highest BCUT2D eigenvalue weighted by atomic mass is 14.9. The number of hydrogen-bond acceptors (Lipinski definition) is 0. The molecule has 0 saturated carbocycles. The highest BCUT2D eigenvalue weighted by Crippen LogP contribution is 2.29. The Morgan fingerprint density at radius 2 is 2.00 bits per heavy atom. The molecule has 0 aromatic heterocycles. The number of rotatable bonds is 1. The van der Waals surface area contributed by atoms with Crippen LogP contribution in [0.15, 0.2) is 30.3 Å². The molecular formula is C13H20N+. The Morgan fingerprint density at radius 3 is 2.57 bits per heavy atom. The van der Waals surface area contributed by atoms with Crippen LogP contribution in [0.3, 0.4) is 0 Å². The topological polar surface area (TPSA) is 16.6 Å². The zero-order valence-electron chi connectivity index (χ0n) is 9.16. The first kappa shape index (κ1) is 9.72. The second-order valence-electron chi connectivity index (χ2n) is 4.88. The first-order valence-corrected chi connectivity index (χ1v) is 5.59. The van der Waals surface area contributed by atoms with Gasteiger partial charge in [0.25, 0.3) is 0 Å². The standard InChI is InChI=1S/C13H19N/c1-11-8-9-13(2,10-14-11)12-6-4-3-5-7-12/h3-7,11,14H,8-10H2,1-2H3/p+1/t11-,13-/m0/s1. The minimum atomic E-state index is 0.397. The van der Waals surface area contributed by atoms with Crippen LogP contribution < -0.4 is 5.32 Å². The highest BCUT2D eigenvalue weighted by Gasteiger charge is 2.33. The van der Waals surface area contributed by atoms with Crippen molar-refractivity contribution in [1.82, 2.24) is 0 Å². The lowest BCUT2D eigenvalue weighted by Crippen LogP contribution is -2.93. The van der Waals surface area contributed by atoms with Gasteiger partial charge in [-0.2, -0.15) is 0 Å². The predicted octanol–water partition coefficient (Wildman–Crippen LogP) is 1.69. The van der Waals surface area contributed by atoms with Gasteiger partial charge in [-0.3, -0.25) is 0 Å². The van der Waals surface area contributed by atoms with Crippen LogP contribution in [0.25, 0.3) is 0 Å². The van der Waals surface area contributed by atoms with E-state index in [9.17, 15) is 0 Å². The number of nitrogens with two attached hydrogens (primary N) is 1. The molecule has 1 heterocycles. The van der Waals surface area contributed by atoms with Crippen molar-refractivity contribution >= 4 is 0 Å². The van der Waals surface area contributed by atoms with Gasteiger partial charge >= 0.3 is 0 Å². The molecular weight excluding hydrogens is 170 g/mol. The highest BCUT2D eigenvalue weighted by molar-refractivity contribution is 5.24. The first-order chi connectivity index (χ1) is 6.71. The van der Waals surface area contributed by atoms with Gasteiger partial charge < -0.3 is 5.32 Å². The van der Waals surface area contributed by atoms with Crippen LogP contribution in [-0.4, -0.2) is 12.6 Å². The van der Waals surface area contributed by atoms with Crippen LogP contribution >= 0.6 is 0 Å². The molecule has 1 aromatic carbocycles. The fourth-order valence-electron chi connectivity index (χ4n) is 2.33. The molecule has 1 fully saturated rings. The number of piperidine rings is 1. The zero-order valence-corrected chi connectivity index (χ0v) is 9.16. The summed E-state index contributed by atoms with van der Waals surface area (Å²) in [5.74, 6) is 0. The van der Waals surface area contributed by atoms with Crippen LogP contribution in [0.4, 0.5) is 0 Å². The Morgan fingerprint density at radius 1 is 1.29 bits per heavy atom. The number of hydrogen-bond donors (Lipinski definition) is 1. The maximum Gasteiger partial charge on any atom is 0.0852 e. The Bertz CT molecular complexity index is 283. The molecule has 14 heavy (non-hydrogen) atoms. The van der Waals surface area contributed by atoms with Gasteiger partial charge in [0.2, 0.25) is 0 Å². The summed E-state index contributed by atoms with van der Waals surface area (Å²) >= 11 is 0. The average molecular weight is 190 g/mol. The molecule has 2 N–H and O–H groups in total. The average Bonchev–Trinajstić information content (AvgIpc) is 2.24. The van der Waals surface area contributed by atoms with Crippen LogP contribution in [0.1, 0.15) is 32.3 Å². The van der Waals surface area contributed by atoms with E-state index < -0.39 is 0 Å². The molecule has 0 bridgehead atoms. The van der Waals surface area contributed by atoms with Gasteiger partial charge in [0.05, 0.1) is 12.6 Å². The van der Waals surface area contributed by atoms with Crippen molar-refractivity contribution in [3.05, 3.63) is 35.9 Å². The van der Waals surface area contributed by atoms with E-state index in [1.165, 1.54) is 24.9 Å². The fourth-order valence-corrected chi connectivity index (χ4v) is 2.33. The van der Waals surface area contributed by atoms with Crippen molar-refractivity contribution in [1.29, 1.82) is 0 Å². The molecule has 0 radical (unpaired) electrons. The van der Waals surface area contributed by atoms with Crippen molar-refractivity contribution in [2.45, 2.75) is 38.1 Å². The molecule has 1 nitrogen and oxygen atoms in total. The molecule has 0 unspecified atom stereocenters. The largest absolute Gasteiger partial charge is 0.343 e. The second kappa shape index (κ2) is 3.74. The van der Waals surface area contributed by atoms with Crippen molar-refractivity contribution < 1.29 is 5.32 Å². The Kier molecular flexibility index (Phi) is 2.60. The molecule has 1 aliphatic rings. The van der Waals surface area contributed by atoms with Gasteiger partial charge in [-0.1, -0.05) is 37.3 Å². The number of benzene rings is 1. The Balaban J connectivity index is 2.17. The maximum absolute atomic E-state index is 2.48. The van der Waals surface area contributed by atoms with Crippen LogP contribution in [0, 0.1) is 0 Å². The van der Waals surface area contributed by atoms with Crippen molar-refractivity contribution in [2.24, 2.45) is 0 Å². The van der Waals surface area contributed by atoms with E-state index in [0.29, 0.717) is 5.41 Å². The van der Waals surface area contributed by atoms with E-state index in [1.807, 2.05) is 0 Å². The SMILES string of the molecule is C[C@H]1CC[C@](C)(c2ccccc2)C[NH2+]1. The quantitative estimate of drug-likeness (QED) is 0.694. The summed E-state index contributed by atoms with van der Waals surface area (Å²) in [5.41, 5.74) is 1.90. The molecule has 1 aromatic rings. The minimum absolute atomic E-state index is 0.397. The van der Waals surface area contributed by atoms with Gasteiger partial charge in [0.15, 0.2) is 0 Å². The third kappa shape index (κ3) is 1.83. The molecule has 2 atom stereocenters. The normalized spacial score (nSPS) is 32.9. The van der Waals surface area contributed by atoms with Gasteiger partial charge in [0.1, 0.15) is 0 Å². The van der Waals surface area contributed by atoms with Crippen LogP contribution in [-0.2, 0) is 5.41 Å². The number of quaternary nitrogens is 1. The van der Waals surface area contributed by atoms with Crippen molar-refractivity contribution in [3.63, 3.8) is 0 Å². The predicted molar refractivity (Wildman–Crippen MR) is 59.3 cm³/mol. The molecule has 76 valence electrons. The van der Waals surface area contributed by atoms with Gasteiger partial charge in [0, 0.05) is 11.8 Å². The molecule has 0 amide bonds. The third-order valence-electron chi connectivity index (χ3n) is 3.59. The lowest BCUT2D eigenvalue weighted by Gasteiger charge is -2.34. The molecule has 0 aliphatic carbocycles. The molecule has 2 rings (SSSR count). The first-order valence-electron chi connectivity index (χ1n) is 5.59. The Labute approximate surface area is 86.5 Å². The second-order valence-corrected chi connectivity index (χ2v) is 4.88. The third-order valence-corrected chi connectivity index (χ3v) is 3.59. The van der Waals surface area contributed by atoms with E-state index in [2.05, 4.69) is 49.5 Å². The molecule has 0 spiro atoms. The summed E-state index contributed by atoms with van der Waals surface area (Å²) < 4.78 is 0. The molecule has 1 saturated heterocycles. The fraction of sp³-hybridized carbons (Fsp3) is 0.538. The maximum atomic E-state index is 2.48. The Hall–Kier alpha value is -0.820. The smallest absolute Gasteiger partial charge is 0.0852 e. The van der Waals surface area contributed by atoms with Crippen LogP contribution in [0.2, 0.25) is 0 Å². The van der Waals surface area contributed by atoms with E-state index in [4.69, 9.17) is 0 Å². The summed E-state index contributed by atoms with van der Waals surface area (Å²) in [4.78, 5) is 0. The lowest BCUT2D eigenvalue weighted by molar-refractivity contribution is -0.701. The van der Waals surface area contributed by atoms with Gasteiger partial charge in [-0.05, 0) is 18.9 Å².